The van der Waals surface area contributed by atoms with Gasteiger partial charge in [0.05, 0.1) is 6.61 Å². The van der Waals surface area contributed by atoms with E-state index in [2.05, 4.69) is 36.9 Å². The van der Waals surface area contributed by atoms with E-state index in [1.807, 2.05) is 61.5 Å². The fourth-order valence-corrected chi connectivity index (χ4v) is 3.31. The van der Waals surface area contributed by atoms with Crippen molar-refractivity contribution >= 4 is 0 Å². The minimum Gasteiger partial charge on any atom is -0.494 e. The van der Waals surface area contributed by atoms with Crippen molar-refractivity contribution in [2.24, 2.45) is 0 Å². The fourth-order valence-electron chi connectivity index (χ4n) is 3.31. The van der Waals surface area contributed by atoms with Crippen LogP contribution in [0.3, 0.4) is 0 Å². The molecule has 2 nitrogen and oxygen atoms in total. The Bertz CT molecular complexity index is 853. The summed E-state index contributed by atoms with van der Waals surface area (Å²) in [6, 6.07) is 26.6. The molecular formula is C26H28O2. The van der Waals surface area contributed by atoms with E-state index in [1.165, 1.54) is 11.1 Å². The van der Waals surface area contributed by atoms with Crippen LogP contribution in [0.1, 0.15) is 36.8 Å². The van der Waals surface area contributed by atoms with Gasteiger partial charge in [-0.15, -0.1) is 6.58 Å². The van der Waals surface area contributed by atoms with Gasteiger partial charge < -0.3 is 9.47 Å². The molecule has 3 rings (SSSR count). The van der Waals surface area contributed by atoms with Crippen LogP contribution in [0.4, 0.5) is 0 Å². The molecule has 1 atom stereocenters. The summed E-state index contributed by atoms with van der Waals surface area (Å²) in [6.07, 6.45) is 5.23. The first-order valence-electron chi connectivity index (χ1n) is 9.95. The molecule has 0 bridgehead atoms. The van der Waals surface area contributed by atoms with Crippen LogP contribution in [-0.4, -0.2) is 6.61 Å². The number of hydrogen-bond donors (Lipinski definition) is 0. The van der Waals surface area contributed by atoms with E-state index >= 15 is 0 Å². The van der Waals surface area contributed by atoms with Crippen LogP contribution in [0.15, 0.2) is 91.5 Å². The van der Waals surface area contributed by atoms with E-state index in [9.17, 15) is 0 Å². The zero-order chi connectivity index (χ0) is 19.6. The Morgan fingerprint density at radius 2 is 1.61 bits per heavy atom. The SMILES string of the molecule is C=CC(CCCc1cccc(Oc2ccccc2)c1)c1ccc(OCC)cc1. The maximum atomic E-state index is 5.94. The van der Waals surface area contributed by atoms with Gasteiger partial charge in [0.2, 0.25) is 0 Å². The van der Waals surface area contributed by atoms with Gasteiger partial charge in [0.25, 0.3) is 0 Å². The topological polar surface area (TPSA) is 18.5 Å². The maximum Gasteiger partial charge on any atom is 0.127 e. The van der Waals surface area contributed by atoms with Crippen molar-refractivity contribution in [2.45, 2.75) is 32.1 Å². The fraction of sp³-hybridized carbons (Fsp3) is 0.231. The molecule has 0 heterocycles. The van der Waals surface area contributed by atoms with E-state index in [1.54, 1.807) is 0 Å². The molecule has 0 spiro atoms. The first-order valence-corrected chi connectivity index (χ1v) is 9.95. The number of aryl methyl sites for hydroxylation is 1. The van der Waals surface area contributed by atoms with Crippen molar-refractivity contribution in [3.05, 3.63) is 103 Å². The van der Waals surface area contributed by atoms with E-state index < -0.39 is 0 Å². The Balaban J connectivity index is 1.54. The van der Waals surface area contributed by atoms with Crippen LogP contribution < -0.4 is 9.47 Å². The van der Waals surface area contributed by atoms with Gasteiger partial charge in [-0.25, -0.2) is 0 Å². The van der Waals surface area contributed by atoms with Gasteiger partial charge in [0, 0.05) is 5.92 Å². The van der Waals surface area contributed by atoms with Gasteiger partial charge in [0.1, 0.15) is 17.2 Å². The van der Waals surface area contributed by atoms with E-state index in [0.717, 1.165) is 36.5 Å². The molecule has 144 valence electrons. The minimum absolute atomic E-state index is 0.361. The van der Waals surface area contributed by atoms with Crippen LogP contribution in [-0.2, 0) is 6.42 Å². The first kappa shape index (κ1) is 19.8. The van der Waals surface area contributed by atoms with Crippen LogP contribution in [0.2, 0.25) is 0 Å². The molecule has 0 amide bonds. The van der Waals surface area contributed by atoms with Crippen molar-refractivity contribution in [3.8, 4) is 17.2 Å². The van der Waals surface area contributed by atoms with E-state index in [4.69, 9.17) is 9.47 Å². The monoisotopic (exact) mass is 372 g/mol. The number of ether oxygens (including phenoxy) is 2. The van der Waals surface area contributed by atoms with E-state index in [-0.39, 0.29) is 0 Å². The Morgan fingerprint density at radius 3 is 2.32 bits per heavy atom. The highest BCUT2D eigenvalue weighted by Crippen LogP contribution is 2.27. The second-order valence-electron chi connectivity index (χ2n) is 6.80. The normalized spacial score (nSPS) is 11.6. The molecule has 0 aliphatic rings. The molecule has 2 heteroatoms. The average molecular weight is 373 g/mol. The van der Waals surface area contributed by atoms with Gasteiger partial charge in [0.15, 0.2) is 0 Å². The lowest BCUT2D eigenvalue weighted by molar-refractivity contribution is 0.340. The third-order valence-electron chi connectivity index (χ3n) is 4.76. The van der Waals surface area contributed by atoms with Crippen LogP contribution in [0.5, 0.6) is 17.2 Å². The van der Waals surface area contributed by atoms with Crippen molar-refractivity contribution in [1.82, 2.24) is 0 Å². The molecule has 0 saturated heterocycles. The predicted molar refractivity (Wildman–Crippen MR) is 116 cm³/mol. The summed E-state index contributed by atoms with van der Waals surface area (Å²) in [5.74, 6) is 3.03. The summed E-state index contributed by atoms with van der Waals surface area (Å²) in [7, 11) is 0. The number of benzene rings is 3. The average Bonchev–Trinajstić information content (AvgIpc) is 2.73. The Hall–Kier alpha value is -3.00. The second-order valence-corrected chi connectivity index (χ2v) is 6.80. The molecule has 0 fully saturated rings. The first-order chi connectivity index (χ1) is 13.8. The molecule has 0 aromatic heterocycles. The summed E-state index contributed by atoms with van der Waals surface area (Å²) >= 11 is 0. The van der Waals surface area contributed by atoms with Crippen LogP contribution in [0, 0.1) is 0 Å². The van der Waals surface area contributed by atoms with E-state index in [0.29, 0.717) is 12.5 Å². The number of hydrogen-bond acceptors (Lipinski definition) is 2. The number of para-hydroxylation sites is 1. The Kier molecular flexibility index (Phi) is 7.31. The smallest absolute Gasteiger partial charge is 0.127 e. The maximum absolute atomic E-state index is 5.94. The lowest BCUT2D eigenvalue weighted by Gasteiger charge is -2.14. The van der Waals surface area contributed by atoms with Gasteiger partial charge in [-0.2, -0.15) is 0 Å². The molecule has 3 aromatic carbocycles. The van der Waals surface area contributed by atoms with Crippen molar-refractivity contribution < 1.29 is 9.47 Å². The molecule has 1 unspecified atom stereocenters. The molecule has 0 radical (unpaired) electrons. The lowest BCUT2D eigenvalue weighted by atomic mass is 9.92. The van der Waals surface area contributed by atoms with Crippen molar-refractivity contribution in [1.29, 1.82) is 0 Å². The molecular weight excluding hydrogens is 344 g/mol. The molecule has 3 aromatic rings. The van der Waals surface area contributed by atoms with Gasteiger partial charge in [-0.3, -0.25) is 0 Å². The van der Waals surface area contributed by atoms with Crippen molar-refractivity contribution in [2.75, 3.05) is 6.61 Å². The quantitative estimate of drug-likeness (QED) is 0.351. The highest BCUT2D eigenvalue weighted by Gasteiger charge is 2.08. The second kappa shape index (κ2) is 10.4. The standard InChI is InChI=1S/C26H28O2/c1-3-22(23-16-18-24(19-17-23)27-4-2)12-8-10-21-11-9-15-26(20-21)28-25-13-6-5-7-14-25/h3,5-7,9,11,13-20,22H,1,4,8,10,12H2,2H3. The summed E-state index contributed by atoms with van der Waals surface area (Å²) in [6.45, 7) is 6.72. The van der Waals surface area contributed by atoms with Crippen LogP contribution >= 0.6 is 0 Å². The number of rotatable bonds is 10. The molecule has 0 saturated carbocycles. The van der Waals surface area contributed by atoms with Gasteiger partial charge in [-0.1, -0.05) is 48.5 Å². The van der Waals surface area contributed by atoms with Crippen LogP contribution in [0.25, 0.3) is 0 Å². The summed E-state index contributed by atoms with van der Waals surface area (Å²) < 4.78 is 11.5. The summed E-state index contributed by atoms with van der Waals surface area (Å²) in [5.41, 5.74) is 2.59. The molecule has 0 aliphatic heterocycles. The predicted octanol–water partition coefficient (Wildman–Crippen LogP) is 7.17. The number of allylic oxidation sites excluding steroid dienone is 1. The van der Waals surface area contributed by atoms with Crippen molar-refractivity contribution in [3.63, 3.8) is 0 Å². The molecule has 28 heavy (non-hydrogen) atoms. The third kappa shape index (κ3) is 5.75. The minimum atomic E-state index is 0.361. The lowest BCUT2D eigenvalue weighted by Crippen LogP contribution is -1.98. The van der Waals surface area contributed by atoms with Gasteiger partial charge in [-0.05, 0) is 73.7 Å². The third-order valence-corrected chi connectivity index (χ3v) is 4.76. The summed E-state index contributed by atoms with van der Waals surface area (Å²) in [5, 5.41) is 0. The molecule has 0 aliphatic carbocycles. The Morgan fingerprint density at radius 1 is 0.857 bits per heavy atom. The molecule has 0 N–H and O–H groups in total. The zero-order valence-electron chi connectivity index (χ0n) is 16.5. The summed E-state index contributed by atoms with van der Waals surface area (Å²) in [4.78, 5) is 0. The van der Waals surface area contributed by atoms with Gasteiger partial charge >= 0.3 is 0 Å². The zero-order valence-corrected chi connectivity index (χ0v) is 16.5. The largest absolute Gasteiger partial charge is 0.494 e. The Labute approximate surface area is 168 Å². The highest BCUT2D eigenvalue weighted by molar-refractivity contribution is 5.34. The highest BCUT2D eigenvalue weighted by atomic mass is 16.5.